The number of alkyl halides is 3. The summed E-state index contributed by atoms with van der Waals surface area (Å²) in [6.45, 7) is 2.91. The van der Waals surface area contributed by atoms with Crippen molar-refractivity contribution in [3.8, 4) is 5.75 Å². The molecule has 3 N–H and O–H groups in total. The van der Waals surface area contributed by atoms with Crippen LogP contribution in [0.15, 0.2) is 48.7 Å². The number of benzene rings is 1. The highest BCUT2D eigenvalue weighted by Crippen LogP contribution is 2.33. The van der Waals surface area contributed by atoms with E-state index in [9.17, 15) is 22.8 Å². The summed E-state index contributed by atoms with van der Waals surface area (Å²) in [5, 5.41) is 3.81. The third kappa shape index (κ3) is 4.95. The lowest BCUT2D eigenvalue weighted by atomic mass is 10.1. The molecule has 1 atom stereocenters. The molecule has 2 aromatic rings. The summed E-state index contributed by atoms with van der Waals surface area (Å²) >= 11 is 0. The maximum Gasteiger partial charge on any atom is 0.464 e. The molecule has 0 saturated carbocycles. The molecule has 0 unspecified atom stereocenters. The van der Waals surface area contributed by atoms with Crippen LogP contribution in [-0.4, -0.2) is 36.9 Å². The Hall–Kier alpha value is -3.30. The van der Waals surface area contributed by atoms with Crippen molar-refractivity contribution in [1.29, 1.82) is 0 Å². The zero-order valence-corrected chi connectivity index (χ0v) is 15.8. The second-order valence-electron chi connectivity index (χ2n) is 5.75. The van der Waals surface area contributed by atoms with E-state index in [1.54, 1.807) is 24.4 Å². The van der Waals surface area contributed by atoms with Crippen molar-refractivity contribution in [3.63, 3.8) is 0 Å². The van der Waals surface area contributed by atoms with Crippen LogP contribution in [0.5, 0.6) is 5.75 Å². The topological polar surface area (TPSA) is 90.8 Å². The second kappa shape index (κ2) is 9.26. The monoisotopic (exact) mass is 412 g/mol. The fourth-order valence-corrected chi connectivity index (χ4v) is 2.48. The Bertz CT molecular complexity index is 846. The summed E-state index contributed by atoms with van der Waals surface area (Å²) in [5.74, 6) is -2.94. The molecule has 29 heavy (non-hydrogen) atoms. The largest absolute Gasteiger partial charge is 0.493 e. The number of carbonyl (C=O) groups excluding carboxylic acids is 2. The molecule has 156 valence electrons. The number of hydrogen-bond donors (Lipinski definition) is 2. The van der Waals surface area contributed by atoms with Crippen molar-refractivity contribution in [2.24, 2.45) is 0 Å². The van der Waals surface area contributed by atoms with Crippen LogP contribution in [-0.2, 0) is 9.53 Å². The van der Waals surface area contributed by atoms with Gasteiger partial charge in [0.1, 0.15) is 5.75 Å². The summed E-state index contributed by atoms with van der Waals surface area (Å²) < 4.78 is 52.3. The Morgan fingerprint density at radius 2 is 1.72 bits per heavy atom. The Morgan fingerprint density at radius 1 is 1.03 bits per heavy atom. The van der Waals surface area contributed by atoms with Crippen molar-refractivity contribution < 1.29 is 37.2 Å². The van der Waals surface area contributed by atoms with E-state index in [4.69, 9.17) is 4.74 Å². The summed E-state index contributed by atoms with van der Waals surface area (Å²) in [5.41, 5.74) is -3.69. The standard InChI is InChI=1S/C19H20F3N3O4/c1-3-28-14-10-6-5-9-13(14)16(26)25-18(19(20,21)22,17(27)29-4-2)24-15-11-7-8-12-23-15/h5-12H,3-4H2,1-2H3,(H,23,24)(H,25,26)/p+1/t18-/m0/s1. The lowest BCUT2D eigenvalue weighted by Crippen LogP contribution is -2.69. The Morgan fingerprint density at radius 3 is 2.31 bits per heavy atom. The van der Waals surface area contributed by atoms with Gasteiger partial charge in [-0.3, -0.25) is 10.1 Å². The van der Waals surface area contributed by atoms with E-state index in [0.717, 1.165) is 0 Å². The van der Waals surface area contributed by atoms with E-state index in [0.29, 0.717) is 0 Å². The highest BCUT2D eigenvalue weighted by atomic mass is 19.4. The van der Waals surface area contributed by atoms with Gasteiger partial charge in [-0.1, -0.05) is 18.2 Å². The van der Waals surface area contributed by atoms with Gasteiger partial charge in [0.15, 0.2) is 0 Å². The molecule has 0 aliphatic heterocycles. The van der Waals surface area contributed by atoms with Crippen molar-refractivity contribution in [2.45, 2.75) is 25.7 Å². The van der Waals surface area contributed by atoms with E-state index in [-0.39, 0.29) is 30.3 Å². The van der Waals surface area contributed by atoms with Gasteiger partial charge in [-0.25, -0.2) is 15.1 Å². The van der Waals surface area contributed by atoms with Crippen molar-refractivity contribution in [2.75, 3.05) is 18.5 Å². The number of H-pyrrole nitrogens is 1. The van der Waals surface area contributed by atoms with E-state index < -0.39 is 23.7 Å². The first-order valence-electron chi connectivity index (χ1n) is 8.78. The van der Waals surface area contributed by atoms with Gasteiger partial charge in [0.25, 0.3) is 11.7 Å². The normalized spacial score (nSPS) is 13.1. The third-order valence-corrected chi connectivity index (χ3v) is 3.77. The number of carbonyl (C=O) groups is 2. The number of nitrogens with one attached hydrogen (secondary N) is 3. The number of rotatable bonds is 8. The van der Waals surface area contributed by atoms with Gasteiger partial charge in [0, 0.05) is 6.07 Å². The highest BCUT2D eigenvalue weighted by Gasteiger charge is 2.68. The molecular weight excluding hydrogens is 391 g/mol. The first kappa shape index (κ1) is 22.0. The fourth-order valence-electron chi connectivity index (χ4n) is 2.48. The number of para-hydroxylation sites is 1. The number of anilines is 1. The first-order valence-corrected chi connectivity index (χ1v) is 8.78. The molecule has 1 aromatic carbocycles. The smallest absolute Gasteiger partial charge is 0.464 e. The Kier molecular flexibility index (Phi) is 7.03. The third-order valence-electron chi connectivity index (χ3n) is 3.77. The van der Waals surface area contributed by atoms with Gasteiger partial charge in [0.05, 0.1) is 25.0 Å². The number of amides is 1. The minimum Gasteiger partial charge on any atom is -0.493 e. The quantitative estimate of drug-likeness (QED) is 0.514. The van der Waals surface area contributed by atoms with Gasteiger partial charge >= 0.3 is 17.8 Å². The van der Waals surface area contributed by atoms with Crippen molar-refractivity contribution >= 4 is 17.7 Å². The Balaban J connectivity index is 2.51. The minimum atomic E-state index is -5.24. The number of aromatic nitrogens is 1. The zero-order valence-electron chi connectivity index (χ0n) is 15.8. The summed E-state index contributed by atoms with van der Waals surface area (Å²) in [6, 6.07) is 10.0. The number of halogens is 3. The zero-order chi connectivity index (χ0) is 21.5. The summed E-state index contributed by atoms with van der Waals surface area (Å²) in [6.07, 6.45) is -3.88. The number of ether oxygens (including phenoxy) is 2. The summed E-state index contributed by atoms with van der Waals surface area (Å²) in [7, 11) is 0. The average Bonchev–Trinajstić information content (AvgIpc) is 2.68. The van der Waals surface area contributed by atoms with Gasteiger partial charge in [0.2, 0.25) is 0 Å². The number of hydrogen-bond acceptors (Lipinski definition) is 5. The number of aromatic amines is 1. The maximum absolute atomic E-state index is 14.1. The van der Waals surface area contributed by atoms with Gasteiger partial charge in [-0.05, 0) is 32.0 Å². The van der Waals surface area contributed by atoms with Crippen LogP contribution in [0.25, 0.3) is 0 Å². The lowest BCUT2D eigenvalue weighted by Gasteiger charge is -2.30. The predicted octanol–water partition coefficient (Wildman–Crippen LogP) is 2.56. The van der Waals surface area contributed by atoms with Gasteiger partial charge < -0.3 is 9.47 Å². The van der Waals surface area contributed by atoms with Gasteiger partial charge in [-0.15, -0.1) is 0 Å². The lowest BCUT2D eigenvalue weighted by molar-refractivity contribution is -0.363. The maximum atomic E-state index is 14.1. The van der Waals surface area contributed by atoms with Crippen LogP contribution in [0.1, 0.15) is 24.2 Å². The molecule has 1 heterocycles. The van der Waals surface area contributed by atoms with Gasteiger partial charge in [-0.2, -0.15) is 13.2 Å². The number of esters is 1. The molecular formula is C19H21F3N3O4+. The average molecular weight is 412 g/mol. The van der Waals surface area contributed by atoms with E-state index >= 15 is 0 Å². The molecule has 0 radical (unpaired) electrons. The molecule has 0 bridgehead atoms. The van der Waals surface area contributed by atoms with E-state index in [2.05, 4.69) is 9.72 Å². The van der Waals surface area contributed by atoms with Crippen molar-refractivity contribution in [3.05, 3.63) is 54.2 Å². The van der Waals surface area contributed by atoms with Crippen molar-refractivity contribution in [1.82, 2.24) is 5.32 Å². The van der Waals surface area contributed by atoms with Crippen LogP contribution in [0.2, 0.25) is 0 Å². The molecule has 0 fully saturated rings. The molecule has 7 nitrogen and oxygen atoms in total. The molecule has 1 aromatic heterocycles. The SMILES string of the molecule is CCOC(=O)[C@@](NC(=O)c1ccccc1OCC)(Nc1cccc[nH+]1)C(F)(F)F. The van der Waals surface area contributed by atoms with Crippen LogP contribution < -0.4 is 20.4 Å². The molecule has 10 heteroatoms. The number of pyridine rings is 1. The second-order valence-corrected chi connectivity index (χ2v) is 5.75. The molecule has 0 aliphatic carbocycles. The fraction of sp³-hybridized carbons (Fsp3) is 0.316. The molecule has 0 spiro atoms. The first-order chi connectivity index (χ1) is 13.7. The molecule has 1 amide bonds. The Labute approximate surface area is 165 Å². The molecule has 0 saturated heterocycles. The molecule has 2 rings (SSSR count). The molecule has 0 aliphatic rings. The van der Waals surface area contributed by atoms with E-state index in [1.165, 1.54) is 43.5 Å². The minimum absolute atomic E-state index is 0.0821. The summed E-state index contributed by atoms with van der Waals surface area (Å²) in [4.78, 5) is 27.7. The van der Waals surface area contributed by atoms with Crippen LogP contribution in [0.4, 0.5) is 19.0 Å². The van der Waals surface area contributed by atoms with Crippen LogP contribution in [0.3, 0.4) is 0 Å². The van der Waals surface area contributed by atoms with Crippen LogP contribution in [0, 0.1) is 0 Å². The highest BCUT2D eigenvalue weighted by molar-refractivity contribution is 6.01. The van der Waals surface area contributed by atoms with E-state index in [1.807, 2.05) is 5.32 Å². The van der Waals surface area contributed by atoms with Crippen LogP contribution >= 0.6 is 0 Å². The predicted molar refractivity (Wildman–Crippen MR) is 97.1 cm³/mol.